The van der Waals surface area contributed by atoms with Crippen LogP contribution in [0.5, 0.6) is 0 Å². The summed E-state index contributed by atoms with van der Waals surface area (Å²) in [6.07, 6.45) is -0.640. The summed E-state index contributed by atoms with van der Waals surface area (Å²) in [6.45, 7) is 5.55. The third-order valence-electron chi connectivity index (χ3n) is 4.22. The van der Waals surface area contributed by atoms with Gasteiger partial charge in [0.1, 0.15) is 0 Å². The number of aliphatic hydroxyl groups excluding tert-OH is 1. The number of hydrogen-bond acceptors (Lipinski definition) is 3. The van der Waals surface area contributed by atoms with Crippen LogP contribution in [0.3, 0.4) is 0 Å². The predicted octanol–water partition coefficient (Wildman–Crippen LogP) is 3.34. The topological polar surface area (TPSA) is 52.6 Å². The molecule has 0 unspecified atom stereocenters. The fourth-order valence-electron chi connectivity index (χ4n) is 2.76. The van der Waals surface area contributed by atoms with Crippen LogP contribution in [0.4, 0.5) is 0 Å². The highest BCUT2D eigenvalue weighted by Crippen LogP contribution is 2.12. The lowest BCUT2D eigenvalue weighted by Gasteiger charge is -2.30. The molecular formula is C21H27BrN2O2. The first-order chi connectivity index (χ1) is 12.5. The molecule has 2 rings (SSSR count). The van der Waals surface area contributed by atoms with E-state index in [-0.39, 0.29) is 16.8 Å². The standard InChI is InChI=1S/C21H27BrN2O2/c1-16(22)21(26)23-20(17(2)25)15-24(13-18-9-5-3-6-10-18)14-19-11-7-4-8-12-19/h3-12,16-17,20,25H,13-15H2,1-2H3,(H,23,26)/t16-,17-,20+/m0/s1. The molecule has 0 bridgehead atoms. The molecule has 0 saturated carbocycles. The Morgan fingerprint density at radius 3 is 1.85 bits per heavy atom. The summed E-state index contributed by atoms with van der Waals surface area (Å²) in [5.74, 6) is -0.115. The van der Waals surface area contributed by atoms with Crippen molar-refractivity contribution in [1.29, 1.82) is 0 Å². The smallest absolute Gasteiger partial charge is 0.233 e. The highest BCUT2D eigenvalue weighted by Gasteiger charge is 2.23. The number of aliphatic hydroxyl groups is 1. The molecule has 2 N–H and O–H groups in total. The van der Waals surface area contributed by atoms with Crippen molar-refractivity contribution in [2.45, 2.75) is 43.9 Å². The highest BCUT2D eigenvalue weighted by molar-refractivity contribution is 9.10. The van der Waals surface area contributed by atoms with Gasteiger partial charge in [-0.25, -0.2) is 0 Å². The van der Waals surface area contributed by atoms with Crippen molar-refractivity contribution >= 4 is 21.8 Å². The number of carbonyl (C=O) groups excluding carboxylic acids is 1. The molecule has 4 nitrogen and oxygen atoms in total. The molecule has 26 heavy (non-hydrogen) atoms. The zero-order valence-electron chi connectivity index (χ0n) is 15.3. The minimum atomic E-state index is -0.640. The number of alkyl halides is 1. The van der Waals surface area contributed by atoms with Crippen LogP contribution in [0.25, 0.3) is 0 Å². The van der Waals surface area contributed by atoms with Gasteiger partial charge in [-0.1, -0.05) is 76.6 Å². The molecule has 2 aromatic rings. The van der Waals surface area contributed by atoms with E-state index in [0.717, 1.165) is 13.1 Å². The second kappa shape index (κ2) is 10.5. The minimum Gasteiger partial charge on any atom is -0.391 e. The molecule has 0 fully saturated rings. The number of nitrogens with zero attached hydrogens (tertiary/aromatic N) is 1. The van der Waals surface area contributed by atoms with Crippen LogP contribution in [0.15, 0.2) is 60.7 Å². The Hall–Kier alpha value is -1.69. The van der Waals surface area contributed by atoms with Gasteiger partial charge in [-0.05, 0) is 25.0 Å². The van der Waals surface area contributed by atoms with Crippen LogP contribution in [-0.2, 0) is 17.9 Å². The van der Waals surface area contributed by atoms with Gasteiger partial charge in [-0.15, -0.1) is 0 Å². The predicted molar refractivity (Wildman–Crippen MR) is 109 cm³/mol. The van der Waals surface area contributed by atoms with Gasteiger partial charge in [0, 0.05) is 19.6 Å². The van der Waals surface area contributed by atoms with Crippen LogP contribution in [0.1, 0.15) is 25.0 Å². The molecule has 0 radical (unpaired) electrons. The average molecular weight is 419 g/mol. The second-order valence-corrected chi connectivity index (χ2v) is 7.99. The maximum absolute atomic E-state index is 12.1. The molecule has 1 amide bonds. The zero-order chi connectivity index (χ0) is 18.9. The fourth-order valence-corrected chi connectivity index (χ4v) is 2.89. The van der Waals surface area contributed by atoms with Gasteiger partial charge in [0.15, 0.2) is 0 Å². The van der Waals surface area contributed by atoms with Gasteiger partial charge in [0.2, 0.25) is 5.91 Å². The highest BCUT2D eigenvalue weighted by atomic mass is 79.9. The van der Waals surface area contributed by atoms with Gasteiger partial charge < -0.3 is 10.4 Å². The molecule has 5 heteroatoms. The van der Waals surface area contributed by atoms with E-state index >= 15 is 0 Å². The summed E-state index contributed by atoms with van der Waals surface area (Å²) < 4.78 is 0. The molecule has 3 atom stereocenters. The average Bonchev–Trinajstić information content (AvgIpc) is 2.62. The van der Waals surface area contributed by atoms with Gasteiger partial charge in [0.05, 0.1) is 17.0 Å². The quantitative estimate of drug-likeness (QED) is 0.613. The van der Waals surface area contributed by atoms with E-state index in [0.29, 0.717) is 6.54 Å². The Bertz CT molecular complexity index is 621. The van der Waals surface area contributed by atoms with Crippen LogP contribution >= 0.6 is 15.9 Å². The lowest BCUT2D eigenvalue weighted by atomic mass is 10.1. The molecule has 0 spiro atoms. The van der Waals surface area contributed by atoms with E-state index in [1.54, 1.807) is 13.8 Å². The largest absolute Gasteiger partial charge is 0.391 e. The number of rotatable bonds is 9. The van der Waals surface area contributed by atoms with Crippen LogP contribution in [0, 0.1) is 0 Å². The Balaban J connectivity index is 2.13. The molecule has 0 aliphatic carbocycles. The Kier molecular flexibility index (Phi) is 8.29. The van der Waals surface area contributed by atoms with Gasteiger partial charge in [-0.2, -0.15) is 0 Å². The number of hydrogen-bond donors (Lipinski definition) is 2. The van der Waals surface area contributed by atoms with Gasteiger partial charge in [0.25, 0.3) is 0 Å². The van der Waals surface area contributed by atoms with Gasteiger partial charge >= 0.3 is 0 Å². The minimum absolute atomic E-state index is 0.115. The van der Waals surface area contributed by atoms with E-state index in [1.807, 2.05) is 36.4 Å². The molecule has 0 heterocycles. The first-order valence-corrected chi connectivity index (χ1v) is 9.80. The Morgan fingerprint density at radius 1 is 1.00 bits per heavy atom. The van der Waals surface area contributed by atoms with Crippen molar-refractivity contribution in [2.75, 3.05) is 6.54 Å². The number of carbonyl (C=O) groups is 1. The summed E-state index contributed by atoms with van der Waals surface area (Å²) in [5, 5.41) is 13.1. The molecule has 2 aromatic carbocycles. The first-order valence-electron chi connectivity index (χ1n) is 8.88. The van der Waals surface area contributed by atoms with Crippen molar-refractivity contribution in [1.82, 2.24) is 10.2 Å². The number of nitrogens with one attached hydrogen (secondary N) is 1. The lowest BCUT2D eigenvalue weighted by Crippen LogP contribution is -2.50. The maximum Gasteiger partial charge on any atom is 0.233 e. The van der Waals surface area contributed by atoms with E-state index < -0.39 is 6.10 Å². The van der Waals surface area contributed by atoms with Crippen LogP contribution in [0.2, 0.25) is 0 Å². The molecule has 0 saturated heterocycles. The number of benzene rings is 2. The van der Waals surface area contributed by atoms with Crippen molar-refractivity contribution < 1.29 is 9.90 Å². The molecule has 0 aromatic heterocycles. The number of halogens is 1. The first kappa shape index (κ1) is 20.6. The van der Waals surface area contributed by atoms with Gasteiger partial charge in [-0.3, -0.25) is 9.69 Å². The van der Waals surface area contributed by atoms with E-state index in [2.05, 4.69) is 50.4 Å². The molecule has 0 aliphatic rings. The van der Waals surface area contributed by atoms with Crippen molar-refractivity contribution in [3.8, 4) is 0 Å². The summed E-state index contributed by atoms with van der Waals surface area (Å²) in [6, 6.07) is 20.1. The third kappa shape index (κ3) is 6.90. The Morgan fingerprint density at radius 2 is 1.46 bits per heavy atom. The van der Waals surface area contributed by atoms with Crippen molar-refractivity contribution in [3.05, 3.63) is 71.8 Å². The molecule has 0 aliphatic heterocycles. The van der Waals surface area contributed by atoms with Crippen molar-refractivity contribution in [3.63, 3.8) is 0 Å². The summed E-state index contributed by atoms with van der Waals surface area (Å²) >= 11 is 3.28. The third-order valence-corrected chi connectivity index (χ3v) is 4.64. The molecule has 140 valence electrons. The summed E-state index contributed by atoms with van der Waals surface area (Å²) in [7, 11) is 0. The van der Waals surface area contributed by atoms with E-state index in [1.165, 1.54) is 11.1 Å². The monoisotopic (exact) mass is 418 g/mol. The number of amides is 1. The maximum atomic E-state index is 12.1. The van der Waals surface area contributed by atoms with Crippen LogP contribution in [-0.4, -0.2) is 39.4 Å². The van der Waals surface area contributed by atoms with Crippen LogP contribution < -0.4 is 5.32 Å². The SMILES string of the molecule is C[C@H](Br)C(=O)N[C@H](CN(Cc1ccccc1)Cc1ccccc1)[C@H](C)O. The zero-order valence-corrected chi connectivity index (χ0v) is 16.9. The Labute approximate surface area is 164 Å². The fraction of sp³-hybridized carbons (Fsp3) is 0.381. The van der Waals surface area contributed by atoms with E-state index in [9.17, 15) is 9.90 Å². The van der Waals surface area contributed by atoms with Crippen molar-refractivity contribution in [2.24, 2.45) is 0 Å². The summed E-state index contributed by atoms with van der Waals surface area (Å²) in [4.78, 5) is 14.0. The normalized spacial score (nSPS) is 14.7. The summed E-state index contributed by atoms with van der Waals surface area (Å²) in [5.41, 5.74) is 2.40. The molecular weight excluding hydrogens is 392 g/mol. The lowest BCUT2D eigenvalue weighted by molar-refractivity contribution is -0.121. The van der Waals surface area contributed by atoms with E-state index in [4.69, 9.17) is 0 Å². The second-order valence-electron chi connectivity index (χ2n) is 6.61.